The first-order valence-corrected chi connectivity index (χ1v) is 5.97. The van der Waals surface area contributed by atoms with E-state index < -0.39 is 5.60 Å². The van der Waals surface area contributed by atoms with Crippen LogP contribution in [0, 0.1) is 0 Å². The molecular formula is C11H16O2Zn. The molecule has 0 heterocycles. The average molecular weight is 246 g/mol. The second-order valence-electron chi connectivity index (χ2n) is 3.96. The summed E-state index contributed by atoms with van der Waals surface area (Å²) in [6, 6.07) is 8.13. The Balaban J connectivity index is 0.000000292. The fourth-order valence-electron chi connectivity index (χ4n) is 0.626. The third kappa shape index (κ3) is 9.69. The molecule has 0 fully saturated rings. The van der Waals surface area contributed by atoms with Gasteiger partial charge in [-0.3, -0.25) is 0 Å². The predicted molar refractivity (Wildman–Crippen MR) is 52.4 cm³/mol. The molecule has 0 radical (unpaired) electrons. The van der Waals surface area contributed by atoms with Crippen molar-refractivity contribution in [3.63, 3.8) is 0 Å². The molecule has 0 aliphatic rings. The SMILES string of the molecule is CC(C)(C)[O-].COc1cc[c]([Zn+])cc1. The second-order valence-corrected chi connectivity index (χ2v) is 5.67. The molecule has 0 aliphatic carbocycles. The van der Waals surface area contributed by atoms with Gasteiger partial charge in [-0.15, -0.1) is 5.60 Å². The van der Waals surface area contributed by atoms with Crippen LogP contribution >= 0.6 is 0 Å². The van der Waals surface area contributed by atoms with Gasteiger partial charge in [0.1, 0.15) is 0 Å². The van der Waals surface area contributed by atoms with Crippen LogP contribution in [-0.4, -0.2) is 12.7 Å². The number of benzene rings is 1. The molecule has 0 amide bonds. The predicted octanol–water partition coefficient (Wildman–Crippen LogP) is 1.01. The molecule has 0 N–H and O–H groups in total. The van der Waals surface area contributed by atoms with E-state index in [2.05, 4.69) is 12.1 Å². The molecule has 0 spiro atoms. The number of hydrogen-bond donors (Lipinski definition) is 0. The van der Waals surface area contributed by atoms with Gasteiger partial charge in [0.15, 0.2) is 0 Å². The molecule has 14 heavy (non-hydrogen) atoms. The standard InChI is InChI=1S/C7H7O.C4H9O.Zn/c1-8-7-5-3-2-4-6-7;1-4(2,3)5;/h3-6H,1H3;1-3H3;/q;-1;+1. The molecule has 74 valence electrons. The van der Waals surface area contributed by atoms with Gasteiger partial charge in [-0.2, -0.15) is 0 Å². The van der Waals surface area contributed by atoms with Crippen molar-refractivity contribution in [3.05, 3.63) is 24.3 Å². The van der Waals surface area contributed by atoms with E-state index in [1.54, 1.807) is 27.9 Å². The molecule has 0 saturated heterocycles. The van der Waals surface area contributed by atoms with E-state index in [0.717, 1.165) is 5.75 Å². The zero-order valence-corrected chi connectivity index (χ0v) is 12.3. The summed E-state index contributed by atoms with van der Waals surface area (Å²) in [4.78, 5) is 0. The molecule has 0 aliphatic heterocycles. The fraction of sp³-hybridized carbons (Fsp3) is 0.455. The van der Waals surface area contributed by atoms with E-state index in [1.165, 1.54) is 22.5 Å². The van der Waals surface area contributed by atoms with Gasteiger partial charge in [0.05, 0.1) is 0 Å². The van der Waals surface area contributed by atoms with Gasteiger partial charge < -0.3 is 5.11 Å². The van der Waals surface area contributed by atoms with Crippen molar-refractivity contribution in [1.29, 1.82) is 0 Å². The van der Waals surface area contributed by atoms with E-state index in [-0.39, 0.29) is 0 Å². The van der Waals surface area contributed by atoms with Crippen LogP contribution in [0.25, 0.3) is 0 Å². The molecule has 1 rings (SSSR count). The normalized spacial score (nSPS) is 10.2. The Bertz CT molecular complexity index is 243. The van der Waals surface area contributed by atoms with E-state index in [4.69, 9.17) is 4.74 Å². The van der Waals surface area contributed by atoms with Crippen molar-refractivity contribution in [2.24, 2.45) is 0 Å². The summed E-state index contributed by atoms with van der Waals surface area (Å²) in [7, 11) is 1.68. The van der Waals surface area contributed by atoms with E-state index in [9.17, 15) is 5.11 Å². The summed E-state index contributed by atoms with van der Waals surface area (Å²) in [5.74, 6) is 0.937. The molecule has 1 aromatic rings. The minimum absolute atomic E-state index is 0.750. The van der Waals surface area contributed by atoms with Crippen LogP contribution in [0.3, 0.4) is 0 Å². The summed E-state index contributed by atoms with van der Waals surface area (Å²) in [5.41, 5.74) is -0.750. The molecule has 0 atom stereocenters. The Labute approximate surface area is 96.0 Å². The van der Waals surface area contributed by atoms with E-state index >= 15 is 0 Å². The van der Waals surface area contributed by atoms with Crippen molar-refractivity contribution in [2.45, 2.75) is 26.4 Å². The topological polar surface area (TPSA) is 32.3 Å². The Kier molecular flexibility index (Phi) is 5.98. The first kappa shape index (κ1) is 13.6. The zero-order valence-electron chi connectivity index (χ0n) is 9.33. The summed E-state index contributed by atoms with van der Waals surface area (Å²) in [6.07, 6.45) is 0. The summed E-state index contributed by atoms with van der Waals surface area (Å²) < 4.78 is 6.37. The van der Waals surface area contributed by atoms with Gasteiger partial charge in [0, 0.05) is 0 Å². The van der Waals surface area contributed by atoms with Crippen LogP contribution < -0.4 is 14.0 Å². The van der Waals surface area contributed by atoms with Gasteiger partial charge in [0.25, 0.3) is 0 Å². The Morgan fingerprint density at radius 3 is 1.79 bits per heavy atom. The van der Waals surface area contributed by atoms with Gasteiger partial charge in [-0.05, 0) is 0 Å². The van der Waals surface area contributed by atoms with Gasteiger partial charge >= 0.3 is 64.3 Å². The van der Waals surface area contributed by atoms with Crippen molar-refractivity contribution in [1.82, 2.24) is 0 Å². The molecule has 0 unspecified atom stereocenters. The maximum atomic E-state index is 10.1. The van der Waals surface area contributed by atoms with Crippen molar-refractivity contribution >= 4 is 4.16 Å². The summed E-state index contributed by atoms with van der Waals surface area (Å²) in [6.45, 7) is 4.90. The number of hydrogen-bond acceptors (Lipinski definition) is 2. The van der Waals surface area contributed by atoms with Crippen molar-refractivity contribution in [2.75, 3.05) is 7.11 Å². The van der Waals surface area contributed by atoms with Crippen LogP contribution in [0.4, 0.5) is 0 Å². The first-order valence-electron chi connectivity index (χ1n) is 4.49. The minimum atomic E-state index is -0.750. The molecule has 3 heteroatoms. The second kappa shape index (κ2) is 6.16. The number of rotatable bonds is 1. The van der Waals surface area contributed by atoms with Gasteiger partial charge in [-0.25, -0.2) is 0 Å². The van der Waals surface area contributed by atoms with E-state index in [1.807, 2.05) is 12.1 Å². The molecule has 0 aromatic heterocycles. The summed E-state index contributed by atoms with van der Waals surface area (Å²) in [5, 5.41) is 10.1. The van der Waals surface area contributed by atoms with Crippen LogP contribution in [0.5, 0.6) is 5.75 Å². The monoisotopic (exact) mass is 244 g/mol. The zero-order chi connectivity index (χ0) is 11.2. The van der Waals surface area contributed by atoms with Crippen LogP contribution in [0.1, 0.15) is 20.8 Å². The number of ether oxygens (including phenoxy) is 1. The fourth-order valence-corrected chi connectivity index (χ4v) is 1.12. The Hall–Kier alpha value is -0.397. The van der Waals surface area contributed by atoms with Crippen LogP contribution in [-0.2, 0) is 18.3 Å². The Morgan fingerprint density at radius 1 is 1.14 bits per heavy atom. The van der Waals surface area contributed by atoms with Gasteiger partial charge in [-0.1, -0.05) is 20.8 Å². The van der Waals surface area contributed by atoms with Crippen molar-refractivity contribution in [3.8, 4) is 5.75 Å². The Morgan fingerprint density at radius 2 is 1.50 bits per heavy atom. The molecule has 0 saturated carbocycles. The first-order chi connectivity index (χ1) is 6.33. The summed E-state index contributed by atoms with van der Waals surface area (Å²) >= 11 is 1.21. The third-order valence-electron chi connectivity index (χ3n) is 1.16. The van der Waals surface area contributed by atoms with Crippen LogP contribution in [0.15, 0.2) is 24.3 Å². The average Bonchev–Trinajstić information content (AvgIpc) is 2.03. The number of methoxy groups -OCH3 is 1. The third-order valence-corrected chi connectivity index (χ3v) is 2.15. The van der Waals surface area contributed by atoms with Crippen LogP contribution in [0.2, 0.25) is 0 Å². The molecule has 0 bridgehead atoms. The van der Waals surface area contributed by atoms with Crippen molar-refractivity contribution < 1.29 is 28.1 Å². The van der Waals surface area contributed by atoms with E-state index in [0.29, 0.717) is 0 Å². The molecule has 1 aromatic carbocycles. The quantitative estimate of drug-likeness (QED) is 0.692. The maximum absolute atomic E-state index is 10.1. The molecular weight excluding hydrogens is 230 g/mol. The van der Waals surface area contributed by atoms with Gasteiger partial charge in [0.2, 0.25) is 0 Å². The molecule has 2 nitrogen and oxygen atoms in total.